The Hall–Kier alpha value is -3.74. The Morgan fingerprint density at radius 2 is 1.70 bits per heavy atom. The molecule has 0 spiro atoms. The van der Waals surface area contributed by atoms with Crippen LogP contribution in [-0.2, 0) is 4.79 Å². The van der Waals surface area contributed by atoms with E-state index in [4.69, 9.17) is 9.15 Å². The van der Waals surface area contributed by atoms with E-state index in [0.29, 0.717) is 29.6 Å². The molecule has 3 rings (SSSR count). The van der Waals surface area contributed by atoms with E-state index in [1.165, 1.54) is 6.26 Å². The molecule has 0 radical (unpaired) electrons. The summed E-state index contributed by atoms with van der Waals surface area (Å²) in [5, 5.41) is 8.63. The summed E-state index contributed by atoms with van der Waals surface area (Å²) in [7, 11) is 0. The number of anilines is 3. The van der Waals surface area contributed by atoms with E-state index in [1.807, 2.05) is 18.2 Å². The normalized spacial score (nSPS) is 10.5. The first-order valence-corrected chi connectivity index (χ1v) is 9.71. The summed E-state index contributed by atoms with van der Waals surface area (Å²) in [5.41, 5.74) is 2.00. The van der Waals surface area contributed by atoms with E-state index < -0.39 is 0 Å². The highest BCUT2D eigenvalue weighted by molar-refractivity contribution is 6.02. The summed E-state index contributed by atoms with van der Waals surface area (Å²) in [6.45, 7) is 4.91. The molecular weight excluding hydrogens is 382 g/mol. The topological polar surface area (TPSA) is 92.6 Å². The SMILES string of the molecule is CC(C)COc1ccc(NC(=O)CNc2cccc(NC(=O)c3ccco3)c2)cc1. The minimum Gasteiger partial charge on any atom is -0.493 e. The van der Waals surface area contributed by atoms with E-state index in [2.05, 4.69) is 29.8 Å². The zero-order valence-electron chi connectivity index (χ0n) is 17.0. The molecule has 0 aliphatic carbocycles. The number of amides is 2. The molecule has 2 aromatic carbocycles. The van der Waals surface area contributed by atoms with Crippen LogP contribution in [0.25, 0.3) is 0 Å². The molecule has 0 fully saturated rings. The third-order valence-corrected chi connectivity index (χ3v) is 4.04. The lowest BCUT2D eigenvalue weighted by Crippen LogP contribution is -2.21. The summed E-state index contributed by atoms with van der Waals surface area (Å²) >= 11 is 0. The van der Waals surface area contributed by atoms with Crippen molar-refractivity contribution in [3.05, 3.63) is 72.7 Å². The summed E-state index contributed by atoms with van der Waals surface area (Å²) in [4.78, 5) is 24.3. The molecule has 0 unspecified atom stereocenters. The Labute approximate surface area is 175 Å². The fourth-order valence-corrected chi connectivity index (χ4v) is 2.59. The zero-order valence-corrected chi connectivity index (χ0v) is 17.0. The molecule has 1 heterocycles. The standard InChI is InChI=1S/C23H25N3O4/c1-16(2)15-30-20-10-8-17(9-11-20)25-22(27)14-24-18-5-3-6-19(13-18)26-23(28)21-7-4-12-29-21/h3-13,16,24H,14-15H2,1-2H3,(H,25,27)(H,26,28). The van der Waals surface area contributed by atoms with E-state index >= 15 is 0 Å². The molecule has 30 heavy (non-hydrogen) atoms. The van der Waals surface area contributed by atoms with Crippen LogP contribution in [0.2, 0.25) is 0 Å². The van der Waals surface area contributed by atoms with Gasteiger partial charge in [-0.25, -0.2) is 0 Å². The second-order valence-electron chi connectivity index (χ2n) is 7.14. The number of furan rings is 1. The molecule has 0 aliphatic rings. The molecule has 156 valence electrons. The smallest absolute Gasteiger partial charge is 0.291 e. The van der Waals surface area contributed by atoms with Gasteiger partial charge in [-0.15, -0.1) is 0 Å². The van der Waals surface area contributed by atoms with Gasteiger partial charge in [0.15, 0.2) is 5.76 Å². The van der Waals surface area contributed by atoms with Crippen molar-refractivity contribution in [2.45, 2.75) is 13.8 Å². The van der Waals surface area contributed by atoms with E-state index in [0.717, 1.165) is 5.75 Å². The number of nitrogens with one attached hydrogen (secondary N) is 3. The minimum absolute atomic E-state index is 0.0845. The van der Waals surface area contributed by atoms with Crippen molar-refractivity contribution >= 4 is 28.9 Å². The molecule has 3 aromatic rings. The first-order valence-electron chi connectivity index (χ1n) is 9.71. The molecule has 0 bridgehead atoms. The Morgan fingerprint density at radius 1 is 0.933 bits per heavy atom. The van der Waals surface area contributed by atoms with Gasteiger partial charge < -0.3 is 25.1 Å². The molecule has 0 saturated heterocycles. The summed E-state index contributed by atoms with van der Waals surface area (Å²) in [6.07, 6.45) is 1.44. The maximum Gasteiger partial charge on any atom is 0.291 e. The van der Waals surface area contributed by atoms with Crippen LogP contribution in [0, 0.1) is 5.92 Å². The van der Waals surface area contributed by atoms with Crippen molar-refractivity contribution in [1.82, 2.24) is 0 Å². The van der Waals surface area contributed by atoms with Crippen molar-refractivity contribution < 1.29 is 18.7 Å². The lowest BCUT2D eigenvalue weighted by atomic mass is 10.2. The molecule has 0 aliphatic heterocycles. The number of ether oxygens (including phenoxy) is 1. The highest BCUT2D eigenvalue weighted by atomic mass is 16.5. The van der Waals surface area contributed by atoms with Gasteiger partial charge in [-0.3, -0.25) is 9.59 Å². The number of benzene rings is 2. The molecule has 7 nitrogen and oxygen atoms in total. The van der Waals surface area contributed by atoms with E-state index in [9.17, 15) is 9.59 Å². The molecular formula is C23H25N3O4. The van der Waals surface area contributed by atoms with Gasteiger partial charge in [0.25, 0.3) is 5.91 Å². The molecule has 3 N–H and O–H groups in total. The van der Waals surface area contributed by atoms with Gasteiger partial charge in [-0.1, -0.05) is 19.9 Å². The van der Waals surface area contributed by atoms with Crippen LogP contribution in [0.1, 0.15) is 24.4 Å². The minimum atomic E-state index is -0.337. The lowest BCUT2D eigenvalue weighted by Gasteiger charge is -2.11. The predicted octanol–water partition coefficient (Wildman–Crippen LogP) is 4.62. The summed E-state index contributed by atoms with van der Waals surface area (Å²) in [5.74, 6) is 0.931. The predicted molar refractivity (Wildman–Crippen MR) is 117 cm³/mol. The average Bonchev–Trinajstić information content (AvgIpc) is 3.27. The molecule has 2 amide bonds. The van der Waals surface area contributed by atoms with Gasteiger partial charge in [-0.2, -0.15) is 0 Å². The largest absolute Gasteiger partial charge is 0.493 e. The van der Waals surface area contributed by atoms with E-state index in [-0.39, 0.29) is 24.1 Å². The molecule has 0 saturated carbocycles. The third-order valence-electron chi connectivity index (χ3n) is 4.04. The highest BCUT2D eigenvalue weighted by Crippen LogP contribution is 2.18. The van der Waals surface area contributed by atoms with Gasteiger partial charge >= 0.3 is 0 Å². The Morgan fingerprint density at radius 3 is 2.40 bits per heavy atom. The first-order chi connectivity index (χ1) is 14.5. The van der Waals surface area contributed by atoms with Gasteiger partial charge in [0.05, 0.1) is 19.4 Å². The molecule has 7 heteroatoms. The van der Waals surface area contributed by atoms with Crippen LogP contribution in [-0.4, -0.2) is 25.0 Å². The number of rotatable bonds is 9. The van der Waals surface area contributed by atoms with Crippen LogP contribution < -0.4 is 20.7 Å². The maximum absolute atomic E-state index is 12.2. The van der Waals surface area contributed by atoms with Gasteiger partial charge in [-0.05, 0) is 60.5 Å². The van der Waals surface area contributed by atoms with Crippen molar-refractivity contribution in [1.29, 1.82) is 0 Å². The first kappa shape index (κ1) is 21.0. The van der Waals surface area contributed by atoms with Crippen molar-refractivity contribution in [2.24, 2.45) is 5.92 Å². The number of hydrogen-bond donors (Lipinski definition) is 3. The number of hydrogen-bond acceptors (Lipinski definition) is 5. The molecule has 0 atom stereocenters. The monoisotopic (exact) mass is 407 g/mol. The summed E-state index contributed by atoms with van der Waals surface area (Å²) < 4.78 is 10.7. The second kappa shape index (κ2) is 10.2. The quantitative estimate of drug-likeness (QED) is 0.481. The van der Waals surface area contributed by atoms with Crippen LogP contribution in [0.15, 0.2) is 71.3 Å². The van der Waals surface area contributed by atoms with Crippen molar-refractivity contribution in [3.63, 3.8) is 0 Å². The second-order valence-corrected chi connectivity index (χ2v) is 7.14. The molecule has 1 aromatic heterocycles. The van der Waals surface area contributed by atoms with Crippen LogP contribution >= 0.6 is 0 Å². The Bertz CT molecular complexity index is 966. The van der Waals surface area contributed by atoms with Crippen molar-refractivity contribution in [3.8, 4) is 5.75 Å². The van der Waals surface area contributed by atoms with E-state index in [1.54, 1.807) is 42.5 Å². The average molecular weight is 407 g/mol. The summed E-state index contributed by atoms with van der Waals surface area (Å²) in [6, 6.07) is 17.6. The Balaban J connectivity index is 1.48. The van der Waals surface area contributed by atoms with Crippen molar-refractivity contribution in [2.75, 3.05) is 29.1 Å². The zero-order chi connectivity index (χ0) is 21.3. The lowest BCUT2D eigenvalue weighted by molar-refractivity contribution is -0.114. The van der Waals surface area contributed by atoms with Crippen LogP contribution in [0.4, 0.5) is 17.1 Å². The highest BCUT2D eigenvalue weighted by Gasteiger charge is 2.09. The Kier molecular flexibility index (Phi) is 7.10. The van der Waals surface area contributed by atoms with Crippen LogP contribution in [0.3, 0.4) is 0 Å². The third kappa shape index (κ3) is 6.41. The van der Waals surface area contributed by atoms with Crippen LogP contribution in [0.5, 0.6) is 5.75 Å². The number of carbonyl (C=O) groups excluding carboxylic acids is 2. The fraction of sp³-hybridized carbons (Fsp3) is 0.217. The van der Waals surface area contributed by atoms with Gasteiger partial charge in [0.2, 0.25) is 5.91 Å². The fourth-order valence-electron chi connectivity index (χ4n) is 2.59. The maximum atomic E-state index is 12.2. The van der Waals surface area contributed by atoms with Gasteiger partial charge in [0.1, 0.15) is 5.75 Å². The van der Waals surface area contributed by atoms with Gasteiger partial charge in [0, 0.05) is 17.1 Å². The number of carbonyl (C=O) groups is 2.